The normalized spacial score (nSPS) is 12.5. The molecule has 0 saturated carbocycles. The highest BCUT2D eigenvalue weighted by molar-refractivity contribution is 7.18. The average molecular weight is 422 g/mol. The first-order chi connectivity index (χ1) is 13.3. The zero-order valence-corrected chi connectivity index (χ0v) is 18.5. The molecule has 4 nitrogen and oxygen atoms in total. The third-order valence-electron chi connectivity index (χ3n) is 4.23. The van der Waals surface area contributed by atoms with Crippen molar-refractivity contribution in [3.63, 3.8) is 0 Å². The molecule has 0 bridgehead atoms. The molecule has 2 rings (SSSR count). The van der Waals surface area contributed by atoms with Crippen molar-refractivity contribution in [2.75, 3.05) is 11.9 Å². The summed E-state index contributed by atoms with van der Waals surface area (Å²) in [6.07, 6.45) is 4.63. The molecule has 1 atom stereocenters. The Morgan fingerprint density at radius 3 is 2.64 bits per heavy atom. The van der Waals surface area contributed by atoms with Crippen molar-refractivity contribution in [1.82, 2.24) is 0 Å². The minimum atomic E-state index is -0.135. The molecule has 0 saturated heterocycles. The van der Waals surface area contributed by atoms with Gasteiger partial charge in [0.2, 0.25) is 0 Å². The molecule has 28 heavy (non-hydrogen) atoms. The fourth-order valence-corrected chi connectivity index (χ4v) is 4.61. The Kier molecular flexibility index (Phi) is 8.08. The van der Waals surface area contributed by atoms with Crippen LogP contribution in [0, 0.1) is 5.41 Å². The topological polar surface area (TPSA) is 55.4 Å². The second kappa shape index (κ2) is 10.1. The number of rotatable bonds is 10. The first-order valence-corrected chi connectivity index (χ1v) is 10.7. The van der Waals surface area contributed by atoms with Gasteiger partial charge >= 0.3 is 0 Å². The molecule has 1 unspecified atom stereocenters. The van der Waals surface area contributed by atoms with E-state index >= 15 is 0 Å². The summed E-state index contributed by atoms with van der Waals surface area (Å²) in [6.45, 7) is 8.81. The molecule has 0 spiro atoms. The number of hydrogen-bond donors (Lipinski definition) is 1. The maximum atomic E-state index is 11.4. The maximum Gasteiger partial charge on any atom is 0.163 e. The summed E-state index contributed by atoms with van der Waals surface area (Å²) in [5.74, 6) is 0.277. The van der Waals surface area contributed by atoms with E-state index in [2.05, 4.69) is 33.0 Å². The summed E-state index contributed by atoms with van der Waals surface area (Å²) in [5.41, 5.74) is 2.17. The van der Waals surface area contributed by atoms with Gasteiger partial charge in [-0.3, -0.25) is 9.59 Å². The second-order valence-corrected chi connectivity index (χ2v) is 9.44. The van der Waals surface area contributed by atoms with Crippen molar-refractivity contribution in [2.45, 2.75) is 53.0 Å². The zero-order chi connectivity index (χ0) is 20.7. The summed E-state index contributed by atoms with van der Waals surface area (Å²) in [7, 11) is 0. The van der Waals surface area contributed by atoms with Crippen LogP contribution in [0.1, 0.15) is 56.6 Å². The summed E-state index contributed by atoms with van der Waals surface area (Å²) in [6, 6.07) is 8.40. The minimum Gasteiger partial charge on any atom is -0.483 e. The number of hydrogen-bond acceptors (Lipinski definition) is 5. The van der Waals surface area contributed by atoms with Crippen LogP contribution in [0.25, 0.3) is 10.4 Å². The molecule has 0 aliphatic rings. The molecule has 0 aliphatic carbocycles. The van der Waals surface area contributed by atoms with E-state index in [1.807, 2.05) is 24.3 Å². The fourth-order valence-electron chi connectivity index (χ4n) is 3.23. The Labute approximate surface area is 176 Å². The van der Waals surface area contributed by atoms with E-state index in [4.69, 9.17) is 16.3 Å². The lowest BCUT2D eigenvalue weighted by Crippen LogP contribution is -2.25. The number of carbonyl (C=O) groups is 2. The Hall–Kier alpha value is -1.85. The van der Waals surface area contributed by atoms with E-state index < -0.39 is 0 Å². The van der Waals surface area contributed by atoms with Gasteiger partial charge in [-0.25, -0.2) is 0 Å². The molecule has 1 aromatic carbocycles. The van der Waals surface area contributed by atoms with Gasteiger partial charge in [0.25, 0.3) is 0 Å². The predicted molar refractivity (Wildman–Crippen MR) is 118 cm³/mol. The van der Waals surface area contributed by atoms with Crippen LogP contribution < -0.4 is 10.1 Å². The Bertz CT molecular complexity index is 811. The molecule has 1 heterocycles. The number of anilines is 1. The lowest BCUT2D eigenvalue weighted by atomic mass is 9.86. The van der Waals surface area contributed by atoms with E-state index in [0.29, 0.717) is 28.5 Å². The number of benzene rings is 1. The first-order valence-electron chi connectivity index (χ1n) is 9.50. The summed E-state index contributed by atoms with van der Waals surface area (Å²) in [4.78, 5) is 23.1. The molecule has 0 aliphatic heterocycles. The van der Waals surface area contributed by atoms with Gasteiger partial charge in [-0.1, -0.05) is 57.8 Å². The Balaban J connectivity index is 2.30. The Morgan fingerprint density at radius 2 is 2.04 bits per heavy atom. The van der Waals surface area contributed by atoms with Gasteiger partial charge in [0.15, 0.2) is 18.3 Å². The van der Waals surface area contributed by atoms with Crippen molar-refractivity contribution in [3.8, 4) is 16.2 Å². The number of carbonyl (C=O) groups excluding carboxylic acids is 2. The summed E-state index contributed by atoms with van der Waals surface area (Å²) in [5, 5.41) is 4.02. The third kappa shape index (κ3) is 6.08. The van der Waals surface area contributed by atoms with Crippen LogP contribution in [-0.2, 0) is 4.79 Å². The van der Waals surface area contributed by atoms with Crippen LogP contribution in [-0.4, -0.2) is 25.2 Å². The molecule has 1 N–H and O–H groups in total. The van der Waals surface area contributed by atoms with Crippen molar-refractivity contribution >= 4 is 41.2 Å². The number of ether oxygens (including phenoxy) is 1. The molecule has 6 heteroatoms. The van der Waals surface area contributed by atoms with Crippen LogP contribution in [0.3, 0.4) is 0 Å². The number of aldehydes is 2. The molecule has 0 amide bonds. The van der Waals surface area contributed by atoms with E-state index in [-0.39, 0.29) is 17.8 Å². The molecule has 152 valence electrons. The number of halogens is 1. The highest BCUT2D eigenvalue weighted by Gasteiger charge is 2.21. The molecular formula is C22H28ClNO3S. The third-order valence-corrected chi connectivity index (χ3v) is 5.85. The van der Waals surface area contributed by atoms with Crippen molar-refractivity contribution in [1.29, 1.82) is 0 Å². The van der Waals surface area contributed by atoms with E-state index in [9.17, 15) is 9.59 Å². The van der Waals surface area contributed by atoms with Gasteiger partial charge < -0.3 is 10.1 Å². The largest absolute Gasteiger partial charge is 0.483 e. The van der Waals surface area contributed by atoms with Gasteiger partial charge in [0.05, 0.1) is 4.88 Å². The van der Waals surface area contributed by atoms with Crippen LogP contribution in [0.4, 0.5) is 5.69 Å². The summed E-state index contributed by atoms with van der Waals surface area (Å²) >= 11 is 7.73. The van der Waals surface area contributed by atoms with Crippen LogP contribution in [0.15, 0.2) is 24.3 Å². The molecular weight excluding hydrogens is 394 g/mol. The number of nitrogens with one attached hydrogen (secondary N) is 1. The van der Waals surface area contributed by atoms with Crippen LogP contribution in [0.2, 0.25) is 5.02 Å². The van der Waals surface area contributed by atoms with Gasteiger partial charge in [0.1, 0.15) is 16.5 Å². The quantitative estimate of drug-likeness (QED) is 0.446. The van der Waals surface area contributed by atoms with E-state index in [1.165, 1.54) is 11.3 Å². The van der Waals surface area contributed by atoms with Crippen molar-refractivity contribution in [2.24, 2.45) is 5.41 Å². The molecule has 2 aromatic rings. The van der Waals surface area contributed by atoms with Crippen LogP contribution >= 0.6 is 22.9 Å². The fraction of sp³-hybridized carbons (Fsp3) is 0.455. The SMILES string of the molecule is CCCC(CC(C)(C)C)Nc1cccc(-c2sc(C=O)c(OCC=O)c2Cl)c1. The minimum absolute atomic E-state index is 0.135. The highest BCUT2D eigenvalue weighted by Crippen LogP contribution is 2.45. The first kappa shape index (κ1) is 22.4. The summed E-state index contributed by atoms with van der Waals surface area (Å²) < 4.78 is 5.36. The van der Waals surface area contributed by atoms with Gasteiger partial charge in [0, 0.05) is 11.7 Å². The number of thiophene rings is 1. The standard InChI is InChI=1S/C22H28ClNO3S/c1-5-7-17(13-22(2,3)4)24-16-9-6-8-15(12-16)21-19(23)20(27-11-10-25)18(14-26)28-21/h6,8-10,12,14,17,24H,5,7,11,13H2,1-4H3. The lowest BCUT2D eigenvalue weighted by Gasteiger charge is -2.27. The monoisotopic (exact) mass is 421 g/mol. The second-order valence-electron chi connectivity index (χ2n) is 8.01. The zero-order valence-electron chi connectivity index (χ0n) is 16.9. The maximum absolute atomic E-state index is 11.4. The van der Waals surface area contributed by atoms with Gasteiger partial charge in [-0.15, -0.1) is 11.3 Å². The smallest absolute Gasteiger partial charge is 0.163 e. The Morgan fingerprint density at radius 1 is 1.29 bits per heavy atom. The predicted octanol–water partition coefficient (Wildman–Crippen LogP) is 6.48. The van der Waals surface area contributed by atoms with Crippen molar-refractivity contribution < 1.29 is 14.3 Å². The molecule has 0 radical (unpaired) electrons. The van der Waals surface area contributed by atoms with Crippen molar-refractivity contribution in [3.05, 3.63) is 34.2 Å². The lowest BCUT2D eigenvalue weighted by molar-refractivity contribution is -0.109. The molecule has 1 aromatic heterocycles. The van der Waals surface area contributed by atoms with Gasteiger partial charge in [-0.2, -0.15) is 0 Å². The van der Waals surface area contributed by atoms with E-state index in [1.54, 1.807) is 0 Å². The van der Waals surface area contributed by atoms with E-state index in [0.717, 1.165) is 35.4 Å². The average Bonchev–Trinajstić information content (AvgIpc) is 2.94. The molecule has 0 fully saturated rings. The van der Waals surface area contributed by atoms with Gasteiger partial charge in [-0.05, 0) is 36.0 Å². The van der Waals surface area contributed by atoms with Crippen LogP contribution in [0.5, 0.6) is 5.75 Å². The highest BCUT2D eigenvalue weighted by atomic mass is 35.5.